The molecule has 1 heterocycles. The summed E-state index contributed by atoms with van der Waals surface area (Å²) < 4.78 is 0. The van der Waals surface area contributed by atoms with Gasteiger partial charge in [-0.3, -0.25) is 4.79 Å². The van der Waals surface area contributed by atoms with Crippen molar-refractivity contribution >= 4 is 28.3 Å². The van der Waals surface area contributed by atoms with Crippen molar-refractivity contribution in [2.45, 2.75) is 19.9 Å². The maximum Gasteiger partial charge on any atom is 0.253 e. The van der Waals surface area contributed by atoms with Gasteiger partial charge in [-0.25, -0.2) is 9.98 Å². The van der Waals surface area contributed by atoms with E-state index in [0.717, 1.165) is 41.9 Å². The van der Waals surface area contributed by atoms with E-state index < -0.39 is 0 Å². The number of nitrogens with one attached hydrogen (secondary N) is 2. The number of thiazole rings is 1. The van der Waals surface area contributed by atoms with Gasteiger partial charge in [-0.1, -0.05) is 12.1 Å². The molecule has 1 amide bonds. The Morgan fingerprint density at radius 2 is 2.00 bits per heavy atom. The number of hydrogen-bond acceptors (Lipinski definition) is 5. The highest BCUT2D eigenvalue weighted by molar-refractivity contribution is 7.13. The normalized spacial score (nSPS) is 11.2. The number of hydrogen-bond donors (Lipinski definition) is 2. The summed E-state index contributed by atoms with van der Waals surface area (Å²) in [5, 5.41) is 9.62. The summed E-state index contributed by atoms with van der Waals surface area (Å²) in [7, 11) is 7.50. The molecule has 1 aromatic carbocycles. The molecule has 0 radical (unpaired) electrons. The molecule has 2 rings (SSSR count). The summed E-state index contributed by atoms with van der Waals surface area (Å²) in [5.74, 6) is 0.785. The van der Waals surface area contributed by atoms with Gasteiger partial charge in [0, 0.05) is 52.2 Å². The molecule has 0 spiro atoms. The van der Waals surface area contributed by atoms with E-state index in [9.17, 15) is 4.79 Å². The Labute approximate surface area is 171 Å². The number of amides is 1. The molecule has 0 aliphatic heterocycles. The highest BCUT2D eigenvalue weighted by atomic mass is 32.1. The Hall–Kier alpha value is -2.61. The lowest BCUT2D eigenvalue weighted by atomic mass is 10.1. The first kappa shape index (κ1) is 21.7. The lowest BCUT2D eigenvalue weighted by Gasteiger charge is -2.13. The molecule has 28 heavy (non-hydrogen) atoms. The first-order valence-electron chi connectivity index (χ1n) is 9.35. The number of benzene rings is 1. The smallest absolute Gasteiger partial charge is 0.253 e. The molecule has 0 unspecified atom stereocenters. The number of carbonyl (C=O) groups is 1. The Bertz CT molecular complexity index is 799. The van der Waals surface area contributed by atoms with Gasteiger partial charge in [-0.2, -0.15) is 0 Å². The summed E-state index contributed by atoms with van der Waals surface area (Å²) >= 11 is 1.62. The van der Waals surface area contributed by atoms with Crippen LogP contribution in [0.2, 0.25) is 0 Å². The van der Waals surface area contributed by atoms with E-state index >= 15 is 0 Å². The Morgan fingerprint density at radius 1 is 1.21 bits per heavy atom. The standard InChI is InChI=1S/C20H30N6OS/c1-6-21-19(23-13-17-14-28-20(24-17)26(4)5)22-11-10-15-8-7-9-16(12-15)18(27)25(2)3/h7-9,12,14H,6,10-11,13H2,1-5H3,(H2,21,22,23). The van der Waals surface area contributed by atoms with E-state index in [4.69, 9.17) is 0 Å². The third kappa shape index (κ3) is 6.53. The maximum absolute atomic E-state index is 12.1. The number of aromatic nitrogens is 1. The molecule has 152 valence electrons. The van der Waals surface area contributed by atoms with Crippen LogP contribution in [0.15, 0.2) is 34.6 Å². The van der Waals surface area contributed by atoms with Crippen molar-refractivity contribution in [2.75, 3.05) is 46.2 Å². The van der Waals surface area contributed by atoms with Crippen LogP contribution in [0.25, 0.3) is 0 Å². The van der Waals surface area contributed by atoms with Crippen LogP contribution >= 0.6 is 11.3 Å². The summed E-state index contributed by atoms with van der Waals surface area (Å²) in [6.07, 6.45) is 0.806. The van der Waals surface area contributed by atoms with E-state index in [1.54, 1.807) is 30.3 Å². The summed E-state index contributed by atoms with van der Waals surface area (Å²) in [6, 6.07) is 7.76. The van der Waals surface area contributed by atoms with Crippen LogP contribution in [0, 0.1) is 0 Å². The second-order valence-electron chi connectivity index (χ2n) is 6.79. The van der Waals surface area contributed by atoms with E-state index in [2.05, 4.69) is 20.6 Å². The minimum Gasteiger partial charge on any atom is -0.357 e. The van der Waals surface area contributed by atoms with Gasteiger partial charge in [-0.05, 0) is 31.0 Å². The number of carbonyl (C=O) groups excluding carboxylic acids is 1. The lowest BCUT2D eigenvalue weighted by Crippen LogP contribution is -2.38. The fourth-order valence-corrected chi connectivity index (χ4v) is 3.27. The predicted molar refractivity (Wildman–Crippen MR) is 117 cm³/mol. The van der Waals surface area contributed by atoms with Crippen molar-refractivity contribution in [3.8, 4) is 0 Å². The van der Waals surface area contributed by atoms with Crippen LogP contribution in [-0.2, 0) is 13.0 Å². The van der Waals surface area contributed by atoms with Crippen LogP contribution in [0.1, 0.15) is 28.5 Å². The molecule has 7 nitrogen and oxygen atoms in total. The number of aliphatic imine (C=N–C) groups is 1. The molecule has 0 saturated carbocycles. The van der Waals surface area contributed by atoms with E-state index in [1.807, 2.05) is 55.6 Å². The van der Waals surface area contributed by atoms with Gasteiger partial charge in [0.2, 0.25) is 0 Å². The first-order chi connectivity index (χ1) is 13.4. The zero-order chi connectivity index (χ0) is 20.5. The molecule has 8 heteroatoms. The number of nitrogens with zero attached hydrogens (tertiary/aromatic N) is 4. The number of rotatable bonds is 8. The first-order valence-corrected chi connectivity index (χ1v) is 10.2. The van der Waals surface area contributed by atoms with Gasteiger partial charge in [0.15, 0.2) is 11.1 Å². The zero-order valence-electron chi connectivity index (χ0n) is 17.3. The second-order valence-corrected chi connectivity index (χ2v) is 7.62. The van der Waals surface area contributed by atoms with Crippen molar-refractivity contribution < 1.29 is 4.79 Å². The van der Waals surface area contributed by atoms with Gasteiger partial charge in [0.1, 0.15) is 0 Å². The van der Waals surface area contributed by atoms with Crippen molar-refractivity contribution in [1.29, 1.82) is 0 Å². The highest BCUT2D eigenvalue weighted by Crippen LogP contribution is 2.18. The average Bonchev–Trinajstić information content (AvgIpc) is 3.15. The zero-order valence-corrected chi connectivity index (χ0v) is 18.1. The lowest BCUT2D eigenvalue weighted by molar-refractivity contribution is 0.0827. The second kappa shape index (κ2) is 10.7. The maximum atomic E-state index is 12.1. The highest BCUT2D eigenvalue weighted by Gasteiger charge is 2.08. The van der Waals surface area contributed by atoms with Gasteiger partial charge >= 0.3 is 0 Å². The minimum absolute atomic E-state index is 0.0186. The molecule has 0 aliphatic carbocycles. The molecule has 1 aromatic heterocycles. The molecule has 0 aliphatic rings. The van der Waals surface area contributed by atoms with E-state index in [1.165, 1.54) is 0 Å². The number of guanidine groups is 1. The largest absolute Gasteiger partial charge is 0.357 e. The molecular weight excluding hydrogens is 372 g/mol. The summed E-state index contributed by atoms with van der Waals surface area (Å²) in [4.78, 5) is 24.9. The van der Waals surface area contributed by atoms with Gasteiger partial charge in [0.25, 0.3) is 5.91 Å². The van der Waals surface area contributed by atoms with Crippen molar-refractivity contribution in [3.63, 3.8) is 0 Å². The van der Waals surface area contributed by atoms with Crippen LogP contribution in [0.3, 0.4) is 0 Å². The third-order valence-corrected chi connectivity index (χ3v) is 5.01. The quantitative estimate of drug-likeness (QED) is 0.523. The van der Waals surface area contributed by atoms with Gasteiger partial charge in [-0.15, -0.1) is 11.3 Å². The minimum atomic E-state index is 0.0186. The fourth-order valence-electron chi connectivity index (χ4n) is 2.52. The Kier molecular flexibility index (Phi) is 8.25. The molecule has 0 saturated heterocycles. The van der Waals surface area contributed by atoms with Crippen LogP contribution in [-0.4, -0.2) is 63.0 Å². The number of anilines is 1. The van der Waals surface area contributed by atoms with Gasteiger partial charge in [0.05, 0.1) is 12.2 Å². The SMILES string of the molecule is CCNC(=NCc1csc(N(C)C)n1)NCCc1cccc(C(=O)N(C)C)c1. The molecular formula is C20H30N6OS. The average molecular weight is 403 g/mol. The van der Waals surface area contributed by atoms with Crippen molar-refractivity contribution in [2.24, 2.45) is 4.99 Å². The Balaban J connectivity index is 1.92. The van der Waals surface area contributed by atoms with Crippen molar-refractivity contribution in [1.82, 2.24) is 20.5 Å². The van der Waals surface area contributed by atoms with E-state index in [-0.39, 0.29) is 5.91 Å². The molecule has 0 atom stereocenters. The van der Waals surface area contributed by atoms with Crippen molar-refractivity contribution in [3.05, 3.63) is 46.5 Å². The molecule has 0 fully saturated rings. The third-order valence-electron chi connectivity index (χ3n) is 3.95. The van der Waals surface area contributed by atoms with Gasteiger partial charge < -0.3 is 20.4 Å². The van der Waals surface area contributed by atoms with Crippen LogP contribution in [0.4, 0.5) is 5.13 Å². The topological polar surface area (TPSA) is 72.9 Å². The van der Waals surface area contributed by atoms with Crippen LogP contribution < -0.4 is 15.5 Å². The monoisotopic (exact) mass is 402 g/mol. The Morgan fingerprint density at radius 3 is 2.64 bits per heavy atom. The molecule has 0 bridgehead atoms. The van der Waals surface area contributed by atoms with Crippen LogP contribution in [0.5, 0.6) is 0 Å². The molecule has 2 aromatic rings. The molecule has 2 N–H and O–H groups in total. The fraction of sp³-hybridized carbons (Fsp3) is 0.450. The van der Waals surface area contributed by atoms with E-state index in [0.29, 0.717) is 12.1 Å². The summed E-state index contributed by atoms with van der Waals surface area (Å²) in [6.45, 7) is 4.09. The summed E-state index contributed by atoms with van der Waals surface area (Å²) in [5.41, 5.74) is 2.79. The predicted octanol–water partition coefficient (Wildman–Crippen LogP) is 2.21.